The highest BCUT2D eigenvalue weighted by Gasteiger charge is 2.47. The second-order valence-electron chi connectivity index (χ2n) is 20.9. The van der Waals surface area contributed by atoms with E-state index < -0.39 is 24.0 Å². The number of nitrogens with zero attached hydrogens (tertiary/aromatic N) is 6. The number of piperazine rings is 2. The molecular formula is C52H72F2N8O8. The van der Waals surface area contributed by atoms with Crippen LogP contribution in [0.3, 0.4) is 0 Å². The first-order chi connectivity index (χ1) is 34.1. The molecule has 2 N–H and O–H groups in total. The summed E-state index contributed by atoms with van der Waals surface area (Å²) in [7, 11) is 0. The third-order valence-corrected chi connectivity index (χ3v) is 16.4. The highest BCUT2D eigenvalue weighted by molar-refractivity contribution is 5.91. The van der Waals surface area contributed by atoms with Gasteiger partial charge in [0.1, 0.15) is 11.6 Å². The van der Waals surface area contributed by atoms with Gasteiger partial charge in [0.25, 0.3) is 0 Å². The molecule has 18 heteroatoms. The van der Waals surface area contributed by atoms with E-state index in [4.69, 9.17) is 28.0 Å². The molecule has 0 spiro atoms. The number of benzene rings is 2. The summed E-state index contributed by atoms with van der Waals surface area (Å²) in [5, 5.41) is 17.1. The minimum atomic E-state index is -0.796. The SMILES string of the molecule is Cc1cc2c(N3CCN(CCC4CCC(NC(=O)C(C5COCCO5)C(C(=O)NC5CCC(CCN6CCN(c7noc8cc(F)c(C)cc78)CC6)CC5)C5COCCO5)CC4)CC3)noc2cc1F. The van der Waals surface area contributed by atoms with E-state index >= 15 is 0 Å². The number of ether oxygens (including phenoxy) is 4. The van der Waals surface area contributed by atoms with Crippen LogP contribution in [0.5, 0.6) is 0 Å². The Balaban J connectivity index is 0.684. The number of hydrogen-bond donors (Lipinski definition) is 2. The van der Waals surface area contributed by atoms with E-state index in [9.17, 15) is 18.4 Å². The smallest absolute Gasteiger partial charge is 0.226 e. The summed E-state index contributed by atoms with van der Waals surface area (Å²) in [6.07, 6.45) is 8.76. The molecule has 6 heterocycles. The van der Waals surface area contributed by atoms with Gasteiger partial charge < -0.3 is 48.4 Å². The molecule has 4 saturated heterocycles. The first kappa shape index (κ1) is 49.1. The Bertz CT molecular complexity index is 2210. The Morgan fingerprint density at radius 2 is 0.986 bits per heavy atom. The van der Waals surface area contributed by atoms with Gasteiger partial charge >= 0.3 is 0 Å². The van der Waals surface area contributed by atoms with Crippen LogP contribution in [0.1, 0.15) is 75.3 Å². The minimum Gasteiger partial charge on any atom is -0.376 e. The molecule has 4 aliphatic heterocycles. The molecule has 16 nitrogen and oxygen atoms in total. The van der Waals surface area contributed by atoms with Gasteiger partial charge in [-0.15, -0.1) is 0 Å². The van der Waals surface area contributed by atoms with Crippen LogP contribution in [-0.4, -0.2) is 161 Å². The molecule has 4 aromatic rings. The second kappa shape index (κ2) is 22.5. The number of halogens is 2. The molecule has 2 amide bonds. The van der Waals surface area contributed by atoms with Crippen molar-refractivity contribution in [3.63, 3.8) is 0 Å². The molecule has 0 radical (unpaired) electrons. The molecule has 2 aliphatic carbocycles. The van der Waals surface area contributed by atoms with Crippen molar-refractivity contribution in [3.8, 4) is 0 Å². The summed E-state index contributed by atoms with van der Waals surface area (Å²) < 4.78 is 63.4. The maximum absolute atomic E-state index is 14.6. The topological polar surface area (TPSA) is 160 Å². The monoisotopic (exact) mass is 975 g/mol. The van der Waals surface area contributed by atoms with Gasteiger partial charge in [-0.05, 0) is 126 Å². The van der Waals surface area contributed by atoms with Gasteiger partial charge in [0.15, 0.2) is 22.8 Å². The van der Waals surface area contributed by atoms with E-state index in [0.29, 0.717) is 60.6 Å². The minimum absolute atomic E-state index is 0.0188. The maximum atomic E-state index is 14.6. The van der Waals surface area contributed by atoms with Crippen LogP contribution in [-0.2, 0) is 28.5 Å². The van der Waals surface area contributed by atoms with Crippen molar-refractivity contribution in [2.24, 2.45) is 23.7 Å². The number of aromatic nitrogens is 2. The number of carbonyl (C=O) groups excluding carboxylic acids is 2. The standard InChI is InChI=1S/C52H72F2N8O8/c1-33-27-39-43(29-41(33)53)69-57-49(39)61-19-15-59(16-20-61)13-11-35-3-7-37(8-4-35)55-51(63)47(45-31-65-23-25-67-45)48(46-32-66-24-26-68-46)52(64)56-38-9-5-36(6-10-38)12-14-60-17-21-62(22-18-60)50-40-28-34(2)42(54)30-44(40)70-58-50/h27-30,35-38,45-48H,3-26,31-32H2,1-2H3,(H,55,63)(H,56,64). The number of nitrogens with one attached hydrogen (secondary N) is 2. The molecule has 4 unspecified atom stereocenters. The molecule has 382 valence electrons. The van der Waals surface area contributed by atoms with E-state index in [0.717, 1.165) is 152 Å². The number of amides is 2. The lowest BCUT2D eigenvalue weighted by Gasteiger charge is -2.40. The summed E-state index contributed by atoms with van der Waals surface area (Å²) in [5.74, 6) is 0.246. The van der Waals surface area contributed by atoms with Gasteiger partial charge in [-0.1, -0.05) is 10.3 Å². The number of anilines is 2. The van der Waals surface area contributed by atoms with Crippen LogP contribution in [0, 0.1) is 49.2 Å². The first-order valence-electron chi connectivity index (χ1n) is 26.2. The van der Waals surface area contributed by atoms with Gasteiger partial charge in [-0.2, -0.15) is 0 Å². The molecule has 2 aromatic heterocycles. The van der Waals surface area contributed by atoms with E-state index in [2.05, 4.69) is 40.5 Å². The zero-order chi connectivity index (χ0) is 48.1. The zero-order valence-corrected chi connectivity index (χ0v) is 41.0. The van der Waals surface area contributed by atoms with Crippen LogP contribution < -0.4 is 20.4 Å². The highest BCUT2D eigenvalue weighted by atomic mass is 19.1. The lowest BCUT2D eigenvalue weighted by Crippen LogP contribution is -2.58. The summed E-state index contributed by atoms with van der Waals surface area (Å²) >= 11 is 0. The average Bonchev–Trinajstić information content (AvgIpc) is 3.99. The lowest BCUT2D eigenvalue weighted by molar-refractivity contribution is -0.176. The van der Waals surface area contributed by atoms with Crippen molar-refractivity contribution in [1.82, 2.24) is 30.7 Å². The van der Waals surface area contributed by atoms with Gasteiger partial charge in [0.2, 0.25) is 11.8 Å². The molecule has 10 rings (SSSR count). The van der Waals surface area contributed by atoms with Gasteiger partial charge in [-0.3, -0.25) is 19.4 Å². The quantitative estimate of drug-likeness (QED) is 0.143. The van der Waals surface area contributed by atoms with Crippen LogP contribution in [0.4, 0.5) is 20.4 Å². The summed E-state index contributed by atoms with van der Waals surface area (Å²) in [6, 6.07) is 6.53. The normalized spacial score (nSPS) is 27.4. The molecule has 6 aliphatic rings. The molecular weight excluding hydrogens is 903 g/mol. The van der Waals surface area contributed by atoms with Crippen molar-refractivity contribution in [2.45, 2.75) is 102 Å². The van der Waals surface area contributed by atoms with Crippen molar-refractivity contribution >= 4 is 45.4 Å². The predicted octanol–water partition coefficient (Wildman–Crippen LogP) is 6.00. The summed E-state index contributed by atoms with van der Waals surface area (Å²) in [5.41, 5.74) is 2.13. The number of aryl methyl sites for hydroxylation is 2. The summed E-state index contributed by atoms with van der Waals surface area (Å²) in [4.78, 5) is 38.8. The number of rotatable bonds is 15. The number of hydrogen-bond acceptors (Lipinski definition) is 14. The van der Waals surface area contributed by atoms with Crippen molar-refractivity contribution in [1.29, 1.82) is 0 Å². The van der Waals surface area contributed by atoms with Gasteiger partial charge in [0.05, 0.1) is 74.5 Å². The molecule has 2 saturated carbocycles. The third kappa shape index (κ3) is 11.4. The van der Waals surface area contributed by atoms with Gasteiger partial charge in [-0.25, -0.2) is 8.78 Å². The van der Waals surface area contributed by atoms with Gasteiger partial charge in [0, 0.05) is 76.6 Å². The molecule has 70 heavy (non-hydrogen) atoms. The summed E-state index contributed by atoms with van der Waals surface area (Å²) in [6.45, 7) is 14.7. The Labute approximate surface area is 409 Å². The fourth-order valence-corrected chi connectivity index (χ4v) is 12.0. The van der Waals surface area contributed by atoms with E-state index in [1.807, 2.05) is 12.1 Å². The average molecular weight is 975 g/mol. The Morgan fingerprint density at radius 1 is 0.586 bits per heavy atom. The number of carbonyl (C=O) groups is 2. The second-order valence-corrected chi connectivity index (χ2v) is 20.9. The zero-order valence-electron chi connectivity index (χ0n) is 41.0. The first-order valence-corrected chi connectivity index (χ1v) is 26.2. The van der Waals surface area contributed by atoms with E-state index in [-0.39, 0.29) is 48.7 Å². The van der Waals surface area contributed by atoms with Crippen molar-refractivity contribution in [3.05, 3.63) is 47.0 Å². The largest absolute Gasteiger partial charge is 0.376 e. The Hall–Kier alpha value is -4.46. The fourth-order valence-electron chi connectivity index (χ4n) is 12.0. The van der Waals surface area contributed by atoms with Crippen molar-refractivity contribution < 1.29 is 46.4 Å². The van der Waals surface area contributed by atoms with Crippen molar-refractivity contribution in [2.75, 3.05) is 115 Å². The van der Waals surface area contributed by atoms with E-state index in [1.165, 1.54) is 12.1 Å². The highest BCUT2D eigenvalue weighted by Crippen LogP contribution is 2.35. The molecule has 2 aromatic carbocycles. The molecule has 6 fully saturated rings. The molecule has 4 atom stereocenters. The van der Waals surface area contributed by atoms with Crippen LogP contribution >= 0.6 is 0 Å². The fraction of sp³-hybridized carbons (Fsp3) is 0.692. The van der Waals surface area contributed by atoms with Crippen LogP contribution in [0.2, 0.25) is 0 Å². The number of fused-ring (bicyclic) bond motifs is 2. The van der Waals surface area contributed by atoms with Crippen LogP contribution in [0.25, 0.3) is 21.9 Å². The predicted molar refractivity (Wildman–Crippen MR) is 260 cm³/mol. The molecule has 0 bridgehead atoms. The van der Waals surface area contributed by atoms with Crippen LogP contribution in [0.15, 0.2) is 33.3 Å². The lowest BCUT2D eigenvalue weighted by atomic mass is 9.79. The third-order valence-electron chi connectivity index (χ3n) is 16.4. The Morgan fingerprint density at radius 3 is 1.36 bits per heavy atom. The van der Waals surface area contributed by atoms with E-state index in [1.54, 1.807) is 13.8 Å². The maximum Gasteiger partial charge on any atom is 0.226 e. The Kier molecular flexibility index (Phi) is 15.8.